The van der Waals surface area contributed by atoms with Gasteiger partial charge in [-0.05, 0) is 45.9 Å². The molecule has 9 heteroatoms. The third-order valence-corrected chi connectivity index (χ3v) is 5.60. The Balaban J connectivity index is 1.64. The first-order valence-electron chi connectivity index (χ1n) is 11.2. The summed E-state index contributed by atoms with van der Waals surface area (Å²) in [4.78, 5) is 25.7. The molecule has 2 aromatic heterocycles. The number of imidazole rings is 1. The van der Waals surface area contributed by atoms with Crippen LogP contribution in [0.3, 0.4) is 0 Å². The summed E-state index contributed by atoms with van der Waals surface area (Å²) in [5.74, 6) is 0.131. The van der Waals surface area contributed by atoms with Crippen molar-refractivity contribution < 1.29 is 13.7 Å². The van der Waals surface area contributed by atoms with E-state index in [-0.39, 0.29) is 18.0 Å². The number of hydrogen-bond acceptors (Lipinski definition) is 6. The molecule has 0 saturated heterocycles. The van der Waals surface area contributed by atoms with Crippen LogP contribution in [0.4, 0.5) is 4.39 Å². The van der Waals surface area contributed by atoms with E-state index in [0.717, 1.165) is 18.8 Å². The van der Waals surface area contributed by atoms with Crippen molar-refractivity contribution in [2.24, 2.45) is 0 Å². The molecule has 8 nitrogen and oxygen atoms in total. The van der Waals surface area contributed by atoms with Crippen molar-refractivity contribution in [1.82, 2.24) is 29.5 Å². The lowest BCUT2D eigenvalue weighted by molar-refractivity contribution is 0.0787. The quantitative estimate of drug-likeness (QED) is 0.483. The molecular formula is C25H29FN6O2. The van der Waals surface area contributed by atoms with E-state index in [9.17, 15) is 9.18 Å². The molecule has 178 valence electrons. The summed E-state index contributed by atoms with van der Waals surface area (Å²) >= 11 is 0. The average molecular weight is 465 g/mol. The molecule has 34 heavy (non-hydrogen) atoms. The third kappa shape index (κ3) is 4.99. The van der Waals surface area contributed by atoms with E-state index >= 15 is 0 Å². The van der Waals surface area contributed by atoms with Crippen molar-refractivity contribution in [2.45, 2.75) is 40.8 Å². The molecule has 1 aromatic carbocycles. The predicted molar refractivity (Wildman–Crippen MR) is 127 cm³/mol. The highest BCUT2D eigenvalue weighted by atomic mass is 19.1. The Morgan fingerprint density at radius 2 is 1.88 bits per heavy atom. The topological polar surface area (TPSA) is 80.3 Å². The highest BCUT2D eigenvalue weighted by Gasteiger charge is 2.28. The Kier molecular flexibility index (Phi) is 6.74. The van der Waals surface area contributed by atoms with Gasteiger partial charge in [0.1, 0.15) is 17.8 Å². The van der Waals surface area contributed by atoms with E-state index in [0.29, 0.717) is 29.6 Å². The van der Waals surface area contributed by atoms with Crippen LogP contribution in [0.2, 0.25) is 0 Å². The molecule has 0 radical (unpaired) electrons. The number of amides is 1. The average Bonchev–Trinajstić information content (AvgIpc) is 3.39. The van der Waals surface area contributed by atoms with Gasteiger partial charge in [-0.2, -0.15) is 4.98 Å². The Hall–Kier alpha value is -3.59. The first kappa shape index (κ1) is 23.6. The van der Waals surface area contributed by atoms with Crippen molar-refractivity contribution >= 4 is 5.91 Å². The normalized spacial score (nSPS) is 12.9. The van der Waals surface area contributed by atoms with E-state index in [2.05, 4.69) is 59.9 Å². The second kappa shape index (κ2) is 9.72. The fourth-order valence-corrected chi connectivity index (χ4v) is 3.74. The maximum atomic E-state index is 13.8. The molecule has 0 N–H and O–H groups in total. The largest absolute Gasteiger partial charge is 0.337 e. The molecule has 0 saturated carbocycles. The third-order valence-electron chi connectivity index (χ3n) is 5.60. The van der Waals surface area contributed by atoms with Crippen molar-refractivity contribution in [1.29, 1.82) is 0 Å². The van der Waals surface area contributed by atoms with Crippen LogP contribution >= 0.6 is 0 Å². The molecule has 3 aromatic rings. The zero-order valence-electron chi connectivity index (χ0n) is 20.2. The molecule has 0 fully saturated rings. The van der Waals surface area contributed by atoms with Crippen LogP contribution in [0, 0.1) is 5.82 Å². The van der Waals surface area contributed by atoms with E-state index in [1.807, 2.05) is 0 Å². The van der Waals surface area contributed by atoms with E-state index in [1.54, 1.807) is 24.0 Å². The van der Waals surface area contributed by atoms with Crippen LogP contribution in [-0.2, 0) is 13.1 Å². The Morgan fingerprint density at radius 3 is 2.56 bits per heavy atom. The first-order valence-corrected chi connectivity index (χ1v) is 11.2. The van der Waals surface area contributed by atoms with Gasteiger partial charge in [0.25, 0.3) is 5.91 Å². The monoisotopic (exact) mass is 464 g/mol. The van der Waals surface area contributed by atoms with E-state index in [1.165, 1.54) is 28.2 Å². The maximum Gasteiger partial charge on any atom is 0.256 e. The molecule has 0 atom stereocenters. The summed E-state index contributed by atoms with van der Waals surface area (Å²) in [5.41, 5.74) is 4.61. The lowest BCUT2D eigenvalue weighted by atomic mass is 10.1. The molecule has 1 aliphatic rings. The number of carbonyl (C=O) groups excluding carboxylic acids is 1. The Labute approximate surface area is 198 Å². The maximum absolute atomic E-state index is 13.8. The zero-order valence-corrected chi connectivity index (χ0v) is 20.2. The number of aromatic nitrogens is 4. The number of fused-ring (bicyclic) bond motifs is 3. The molecule has 0 aliphatic carbocycles. The highest BCUT2D eigenvalue weighted by molar-refractivity contribution is 5.98. The molecular weight excluding hydrogens is 435 g/mol. The molecule has 4 rings (SSSR count). The van der Waals surface area contributed by atoms with Gasteiger partial charge in [-0.25, -0.2) is 9.37 Å². The number of nitrogens with zero attached hydrogens (tertiary/aromatic N) is 6. The minimum Gasteiger partial charge on any atom is -0.337 e. The summed E-state index contributed by atoms with van der Waals surface area (Å²) in [7, 11) is 1.68. The molecule has 0 unspecified atom stereocenters. The van der Waals surface area contributed by atoms with Crippen molar-refractivity contribution in [3.05, 3.63) is 70.8 Å². The van der Waals surface area contributed by atoms with E-state index < -0.39 is 5.82 Å². The second-order valence-corrected chi connectivity index (χ2v) is 9.00. The van der Waals surface area contributed by atoms with Crippen LogP contribution < -0.4 is 0 Å². The number of allylic oxidation sites excluding steroid dienone is 2. The smallest absolute Gasteiger partial charge is 0.256 e. The SMILES string of the molecule is CC(C)=CCN(CC=C(C)C)Cc1nc(-c2ncn3c2CN(C)C(=O)c2cc(F)ccc2-3)no1. The van der Waals surface area contributed by atoms with Gasteiger partial charge < -0.3 is 9.42 Å². The van der Waals surface area contributed by atoms with Gasteiger partial charge in [0.05, 0.1) is 30.0 Å². The summed E-state index contributed by atoms with van der Waals surface area (Å²) in [6.45, 7) is 10.6. The Bertz CT molecular complexity index is 1240. The summed E-state index contributed by atoms with van der Waals surface area (Å²) in [6, 6.07) is 4.17. The highest BCUT2D eigenvalue weighted by Crippen LogP contribution is 2.29. The van der Waals surface area contributed by atoms with Gasteiger partial charge in [-0.15, -0.1) is 0 Å². The molecule has 1 aliphatic heterocycles. The molecule has 0 bridgehead atoms. The van der Waals surface area contributed by atoms with Gasteiger partial charge in [-0.1, -0.05) is 28.5 Å². The summed E-state index contributed by atoms with van der Waals surface area (Å²) < 4.78 is 21.2. The Morgan fingerprint density at radius 1 is 1.18 bits per heavy atom. The van der Waals surface area contributed by atoms with Gasteiger partial charge in [0.2, 0.25) is 11.7 Å². The van der Waals surface area contributed by atoms with Crippen LogP contribution in [-0.4, -0.2) is 55.5 Å². The standard InChI is InChI=1S/C25H29FN6O2/c1-16(2)8-10-31(11-9-17(3)4)14-22-28-24(29-34-22)23-21-13-30(5)25(33)19-12-18(26)6-7-20(19)32(21)15-27-23/h6-9,12,15H,10-11,13-14H2,1-5H3. The lowest BCUT2D eigenvalue weighted by Gasteiger charge is -2.17. The number of halogens is 1. The zero-order chi connectivity index (χ0) is 24.4. The number of benzene rings is 1. The van der Waals surface area contributed by atoms with Crippen molar-refractivity contribution in [3.8, 4) is 17.2 Å². The molecule has 0 spiro atoms. The first-order chi connectivity index (χ1) is 16.2. The fraction of sp³-hybridized carbons (Fsp3) is 0.360. The minimum atomic E-state index is -0.460. The van der Waals surface area contributed by atoms with Gasteiger partial charge in [0, 0.05) is 20.1 Å². The lowest BCUT2D eigenvalue weighted by Crippen LogP contribution is -2.25. The van der Waals surface area contributed by atoms with Crippen LogP contribution in [0.5, 0.6) is 0 Å². The predicted octanol–water partition coefficient (Wildman–Crippen LogP) is 4.38. The van der Waals surface area contributed by atoms with Gasteiger partial charge >= 0.3 is 0 Å². The number of hydrogen-bond donors (Lipinski definition) is 0. The fourth-order valence-electron chi connectivity index (χ4n) is 3.74. The minimum absolute atomic E-state index is 0.257. The van der Waals surface area contributed by atoms with Crippen molar-refractivity contribution in [3.63, 3.8) is 0 Å². The summed E-state index contributed by atoms with van der Waals surface area (Å²) in [5, 5.41) is 4.17. The van der Waals surface area contributed by atoms with E-state index in [4.69, 9.17) is 4.52 Å². The van der Waals surface area contributed by atoms with Crippen LogP contribution in [0.25, 0.3) is 17.2 Å². The van der Waals surface area contributed by atoms with Crippen molar-refractivity contribution in [2.75, 3.05) is 20.1 Å². The molecule has 3 heterocycles. The second-order valence-electron chi connectivity index (χ2n) is 9.00. The van der Waals surface area contributed by atoms with Crippen LogP contribution in [0.15, 0.2) is 52.3 Å². The van der Waals surface area contributed by atoms with Gasteiger partial charge in [-0.3, -0.25) is 14.3 Å². The van der Waals surface area contributed by atoms with Crippen LogP contribution in [0.1, 0.15) is 49.6 Å². The molecule has 1 amide bonds. The number of rotatable bonds is 7. The summed E-state index contributed by atoms with van der Waals surface area (Å²) in [6.07, 6.45) is 5.94. The van der Waals surface area contributed by atoms with Gasteiger partial charge in [0.15, 0.2) is 0 Å². The number of carbonyl (C=O) groups is 1.